The van der Waals surface area contributed by atoms with Crippen LogP contribution in [0.2, 0.25) is 5.02 Å². The van der Waals surface area contributed by atoms with Gasteiger partial charge in [-0.15, -0.1) is 0 Å². The van der Waals surface area contributed by atoms with E-state index in [1.165, 1.54) is 0 Å². The van der Waals surface area contributed by atoms with Crippen molar-refractivity contribution in [1.29, 1.82) is 0 Å². The lowest BCUT2D eigenvalue weighted by Gasteiger charge is -2.25. The topological polar surface area (TPSA) is 38.3 Å². The number of nitrogens with one attached hydrogen (secondary N) is 1. The largest absolute Gasteiger partial charge is 0.484 e. The Hall–Kier alpha value is -0.740. The Morgan fingerprint density at radius 2 is 2.00 bits per heavy atom. The van der Waals surface area contributed by atoms with Crippen LogP contribution in [0.4, 0.5) is 0 Å². The van der Waals surface area contributed by atoms with E-state index in [9.17, 15) is 4.79 Å². The maximum absolute atomic E-state index is 11.7. The highest BCUT2D eigenvalue weighted by molar-refractivity contribution is 9.09. The Balaban J connectivity index is 2.39. The van der Waals surface area contributed by atoms with Crippen molar-refractivity contribution >= 4 is 33.4 Å². The zero-order valence-corrected chi connectivity index (χ0v) is 12.8. The van der Waals surface area contributed by atoms with Gasteiger partial charge in [0.1, 0.15) is 5.75 Å². The third-order valence-corrected chi connectivity index (χ3v) is 3.03. The summed E-state index contributed by atoms with van der Waals surface area (Å²) in [6.45, 7) is 3.97. The van der Waals surface area contributed by atoms with Crippen molar-refractivity contribution in [2.75, 3.05) is 11.9 Å². The molecule has 0 saturated carbocycles. The summed E-state index contributed by atoms with van der Waals surface area (Å²) in [6.07, 6.45) is 0.861. The molecule has 1 amide bonds. The summed E-state index contributed by atoms with van der Waals surface area (Å²) in [7, 11) is 0. The summed E-state index contributed by atoms with van der Waals surface area (Å²) < 4.78 is 5.36. The molecule has 0 aliphatic carbocycles. The summed E-state index contributed by atoms with van der Waals surface area (Å²) in [6, 6.07) is 6.92. The second-order valence-electron chi connectivity index (χ2n) is 4.61. The monoisotopic (exact) mass is 333 g/mol. The molecular formula is C13H17BrClNO2. The van der Waals surface area contributed by atoms with E-state index in [-0.39, 0.29) is 18.1 Å². The molecule has 100 valence electrons. The molecule has 0 atom stereocenters. The summed E-state index contributed by atoms with van der Waals surface area (Å²) in [4.78, 5) is 11.7. The minimum atomic E-state index is -0.232. The molecule has 0 fully saturated rings. The molecule has 5 heteroatoms. The van der Waals surface area contributed by atoms with E-state index < -0.39 is 0 Å². The van der Waals surface area contributed by atoms with Gasteiger partial charge in [-0.05, 0) is 44.5 Å². The van der Waals surface area contributed by atoms with E-state index in [4.69, 9.17) is 16.3 Å². The predicted octanol–water partition coefficient (Wildman–Crippen LogP) is 3.40. The lowest BCUT2D eigenvalue weighted by Crippen LogP contribution is -2.45. The Labute approximate surface area is 121 Å². The first kappa shape index (κ1) is 15.3. The van der Waals surface area contributed by atoms with Gasteiger partial charge < -0.3 is 10.1 Å². The number of benzene rings is 1. The van der Waals surface area contributed by atoms with Crippen LogP contribution in [0.15, 0.2) is 24.3 Å². The van der Waals surface area contributed by atoms with Crippen LogP contribution in [0.1, 0.15) is 20.3 Å². The van der Waals surface area contributed by atoms with E-state index in [0.29, 0.717) is 10.8 Å². The lowest BCUT2D eigenvalue weighted by molar-refractivity contribution is -0.124. The Kier molecular flexibility index (Phi) is 5.96. The Bertz CT molecular complexity index is 392. The lowest BCUT2D eigenvalue weighted by atomic mass is 10.0. The van der Waals surface area contributed by atoms with Crippen molar-refractivity contribution in [2.24, 2.45) is 0 Å². The number of hydrogen-bond acceptors (Lipinski definition) is 2. The number of carbonyl (C=O) groups is 1. The zero-order valence-electron chi connectivity index (χ0n) is 10.5. The number of carbonyl (C=O) groups excluding carboxylic acids is 1. The molecule has 0 bridgehead atoms. The quantitative estimate of drug-likeness (QED) is 0.810. The SMILES string of the molecule is CC(C)(CCBr)NC(=O)COc1ccc(Cl)cc1. The van der Waals surface area contributed by atoms with Gasteiger partial charge >= 0.3 is 0 Å². The van der Waals surface area contributed by atoms with Crippen molar-refractivity contribution in [3.63, 3.8) is 0 Å². The normalized spacial score (nSPS) is 11.1. The maximum atomic E-state index is 11.7. The van der Waals surface area contributed by atoms with Gasteiger partial charge in [-0.3, -0.25) is 4.79 Å². The minimum Gasteiger partial charge on any atom is -0.484 e. The van der Waals surface area contributed by atoms with Crippen LogP contribution in [0.3, 0.4) is 0 Å². The van der Waals surface area contributed by atoms with Gasteiger partial charge in [0.2, 0.25) is 0 Å². The third-order valence-electron chi connectivity index (χ3n) is 2.38. The van der Waals surface area contributed by atoms with Crippen LogP contribution in [0.25, 0.3) is 0 Å². The van der Waals surface area contributed by atoms with Gasteiger partial charge in [0.15, 0.2) is 6.61 Å². The molecule has 0 aliphatic rings. The van der Waals surface area contributed by atoms with Crippen molar-refractivity contribution in [1.82, 2.24) is 5.32 Å². The highest BCUT2D eigenvalue weighted by Crippen LogP contribution is 2.15. The van der Waals surface area contributed by atoms with E-state index >= 15 is 0 Å². The average molecular weight is 335 g/mol. The maximum Gasteiger partial charge on any atom is 0.258 e. The molecular weight excluding hydrogens is 318 g/mol. The first-order valence-electron chi connectivity index (χ1n) is 5.68. The molecule has 1 rings (SSSR count). The van der Waals surface area contributed by atoms with E-state index in [0.717, 1.165) is 11.8 Å². The van der Waals surface area contributed by atoms with Gasteiger partial charge in [0.05, 0.1) is 0 Å². The van der Waals surface area contributed by atoms with Gasteiger partial charge in [-0.25, -0.2) is 0 Å². The van der Waals surface area contributed by atoms with Crippen LogP contribution in [0.5, 0.6) is 5.75 Å². The summed E-state index contributed by atoms with van der Waals surface area (Å²) >= 11 is 9.12. The van der Waals surface area contributed by atoms with Crippen molar-refractivity contribution in [3.8, 4) is 5.75 Å². The fourth-order valence-corrected chi connectivity index (χ4v) is 2.51. The first-order valence-corrected chi connectivity index (χ1v) is 7.18. The molecule has 0 aliphatic heterocycles. The fourth-order valence-electron chi connectivity index (χ4n) is 1.39. The van der Waals surface area contributed by atoms with Crippen molar-refractivity contribution in [3.05, 3.63) is 29.3 Å². The summed E-state index contributed by atoms with van der Waals surface area (Å²) in [5, 5.41) is 4.41. The number of rotatable bonds is 6. The van der Waals surface area contributed by atoms with Crippen molar-refractivity contribution < 1.29 is 9.53 Å². The van der Waals surface area contributed by atoms with Crippen LogP contribution in [-0.2, 0) is 4.79 Å². The summed E-state index contributed by atoms with van der Waals surface area (Å²) in [5.41, 5.74) is -0.232. The minimum absolute atomic E-state index is 0.00729. The standard InChI is InChI=1S/C13H17BrClNO2/c1-13(2,7-8-14)16-12(17)9-18-11-5-3-10(15)4-6-11/h3-6H,7-9H2,1-2H3,(H,16,17). The number of amides is 1. The van der Waals surface area contributed by atoms with E-state index in [1.54, 1.807) is 24.3 Å². The molecule has 0 spiro atoms. The predicted molar refractivity (Wildman–Crippen MR) is 77.6 cm³/mol. The highest BCUT2D eigenvalue weighted by atomic mass is 79.9. The fraction of sp³-hybridized carbons (Fsp3) is 0.462. The number of hydrogen-bond donors (Lipinski definition) is 1. The molecule has 0 heterocycles. The molecule has 1 aromatic rings. The summed E-state index contributed by atoms with van der Waals surface area (Å²) in [5.74, 6) is 0.503. The van der Waals surface area contributed by atoms with Gasteiger partial charge in [-0.2, -0.15) is 0 Å². The van der Waals surface area contributed by atoms with Gasteiger partial charge in [-0.1, -0.05) is 27.5 Å². The van der Waals surface area contributed by atoms with E-state index in [1.807, 2.05) is 13.8 Å². The van der Waals surface area contributed by atoms with Crippen LogP contribution >= 0.6 is 27.5 Å². The average Bonchev–Trinajstić information content (AvgIpc) is 2.27. The Morgan fingerprint density at radius 3 is 2.56 bits per heavy atom. The molecule has 0 aromatic heterocycles. The zero-order chi connectivity index (χ0) is 13.6. The third kappa shape index (κ3) is 5.74. The Morgan fingerprint density at radius 1 is 1.39 bits per heavy atom. The second kappa shape index (κ2) is 7.00. The smallest absolute Gasteiger partial charge is 0.258 e. The van der Waals surface area contributed by atoms with Crippen molar-refractivity contribution in [2.45, 2.75) is 25.8 Å². The molecule has 3 nitrogen and oxygen atoms in total. The molecule has 18 heavy (non-hydrogen) atoms. The number of halogens is 2. The van der Waals surface area contributed by atoms with Crippen LogP contribution in [0, 0.1) is 0 Å². The molecule has 1 aromatic carbocycles. The number of alkyl halides is 1. The van der Waals surface area contributed by atoms with E-state index in [2.05, 4.69) is 21.2 Å². The number of ether oxygens (including phenoxy) is 1. The first-order chi connectivity index (χ1) is 8.43. The molecule has 0 saturated heterocycles. The van der Waals surface area contributed by atoms with Gasteiger partial charge in [0, 0.05) is 15.9 Å². The van der Waals surface area contributed by atoms with Crippen LogP contribution < -0.4 is 10.1 Å². The molecule has 0 radical (unpaired) electrons. The highest BCUT2D eigenvalue weighted by Gasteiger charge is 2.19. The van der Waals surface area contributed by atoms with Gasteiger partial charge in [0.25, 0.3) is 5.91 Å². The van der Waals surface area contributed by atoms with Crippen LogP contribution in [-0.4, -0.2) is 23.4 Å². The molecule has 0 unspecified atom stereocenters. The second-order valence-corrected chi connectivity index (χ2v) is 5.84. The molecule has 1 N–H and O–H groups in total.